The first kappa shape index (κ1) is 14.2. The summed E-state index contributed by atoms with van der Waals surface area (Å²) >= 11 is 1.55. The van der Waals surface area contributed by atoms with Crippen molar-refractivity contribution in [2.75, 3.05) is 5.32 Å². The third kappa shape index (κ3) is 3.12. The van der Waals surface area contributed by atoms with Gasteiger partial charge in [-0.15, -0.1) is 16.4 Å². The molecule has 22 heavy (non-hydrogen) atoms. The lowest BCUT2D eigenvalue weighted by atomic mass is 10.4. The van der Waals surface area contributed by atoms with Crippen molar-refractivity contribution in [1.82, 2.24) is 20.0 Å². The summed E-state index contributed by atoms with van der Waals surface area (Å²) in [6.45, 7) is 1.87. The molecule has 1 amide bonds. The number of nitrogens with zero attached hydrogens (tertiary/aromatic N) is 4. The van der Waals surface area contributed by atoms with Crippen LogP contribution in [0, 0.1) is 6.92 Å². The van der Waals surface area contributed by atoms with Gasteiger partial charge in [0.15, 0.2) is 0 Å². The van der Waals surface area contributed by atoms with E-state index in [0.717, 1.165) is 10.6 Å². The molecule has 0 aliphatic heterocycles. The lowest BCUT2D eigenvalue weighted by molar-refractivity contribution is -0.112. The van der Waals surface area contributed by atoms with Gasteiger partial charge in [-0.05, 0) is 30.5 Å². The number of anilines is 1. The van der Waals surface area contributed by atoms with Gasteiger partial charge < -0.3 is 4.42 Å². The molecule has 7 nitrogen and oxygen atoms in total. The van der Waals surface area contributed by atoms with E-state index in [2.05, 4.69) is 20.6 Å². The predicted molar refractivity (Wildman–Crippen MR) is 83.2 cm³/mol. The van der Waals surface area contributed by atoms with Crippen LogP contribution in [0.3, 0.4) is 0 Å². The zero-order valence-corrected chi connectivity index (χ0v) is 12.8. The smallest absolute Gasteiger partial charge is 0.322 e. The molecule has 3 rings (SSSR count). The molecule has 112 valence electrons. The van der Waals surface area contributed by atoms with E-state index in [1.54, 1.807) is 29.1 Å². The van der Waals surface area contributed by atoms with Crippen molar-refractivity contribution in [3.8, 4) is 11.6 Å². The number of aryl methyl sites for hydroxylation is 2. The fourth-order valence-corrected chi connectivity index (χ4v) is 2.50. The predicted octanol–water partition coefficient (Wildman–Crippen LogP) is 2.49. The molecular weight excluding hydrogens is 302 g/mol. The molecule has 0 saturated heterocycles. The van der Waals surface area contributed by atoms with Gasteiger partial charge in [0, 0.05) is 18.0 Å². The van der Waals surface area contributed by atoms with E-state index in [1.807, 2.05) is 30.5 Å². The Balaban J connectivity index is 1.69. The van der Waals surface area contributed by atoms with Crippen LogP contribution >= 0.6 is 11.3 Å². The summed E-state index contributed by atoms with van der Waals surface area (Å²) in [5, 5.41) is 16.4. The molecule has 0 unspecified atom stereocenters. The van der Waals surface area contributed by atoms with Crippen LogP contribution in [-0.2, 0) is 11.8 Å². The van der Waals surface area contributed by atoms with Gasteiger partial charge in [-0.1, -0.05) is 11.2 Å². The first-order valence-electron chi connectivity index (χ1n) is 6.49. The Hall–Kier alpha value is -2.74. The average molecular weight is 315 g/mol. The Morgan fingerprint density at radius 3 is 3.00 bits per heavy atom. The van der Waals surface area contributed by atoms with Crippen LogP contribution in [0.15, 0.2) is 34.1 Å². The zero-order valence-electron chi connectivity index (χ0n) is 12.0. The maximum atomic E-state index is 11.8. The van der Waals surface area contributed by atoms with Crippen LogP contribution in [0.1, 0.15) is 10.6 Å². The Morgan fingerprint density at radius 2 is 2.32 bits per heavy atom. The largest absolute Gasteiger partial charge is 0.401 e. The zero-order chi connectivity index (χ0) is 15.5. The monoisotopic (exact) mass is 315 g/mol. The van der Waals surface area contributed by atoms with Crippen molar-refractivity contribution in [3.63, 3.8) is 0 Å². The molecule has 0 bridgehead atoms. The molecule has 3 aromatic heterocycles. The number of thiophene rings is 1. The summed E-state index contributed by atoms with van der Waals surface area (Å²) in [4.78, 5) is 12.8. The molecule has 3 aromatic rings. The maximum Gasteiger partial charge on any atom is 0.322 e. The normalized spacial score (nSPS) is 11.2. The van der Waals surface area contributed by atoms with Gasteiger partial charge in [-0.2, -0.15) is 5.10 Å². The molecule has 8 heteroatoms. The molecule has 0 saturated carbocycles. The van der Waals surface area contributed by atoms with Gasteiger partial charge in [0.1, 0.15) is 5.69 Å². The van der Waals surface area contributed by atoms with Crippen LogP contribution < -0.4 is 5.32 Å². The minimum absolute atomic E-state index is 0.0506. The second-order valence-corrected chi connectivity index (χ2v) is 5.52. The minimum Gasteiger partial charge on any atom is -0.401 e. The van der Waals surface area contributed by atoms with Gasteiger partial charge in [0.05, 0.1) is 5.69 Å². The fourth-order valence-electron chi connectivity index (χ4n) is 1.88. The van der Waals surface area contributed by atoms with Crippen molar-refractivity contribution >= 4 is 29.3 Å². The minimum atomic E-state index is -0.329. The summed E-state index contributed by atoms with van der Waals surface area (Å²) in [5.41, 5.74) is 1.54. The van der Waals surface area contributed by atoms with Crippen LogP contribution in [0.5, 0.6) is 0 Å². The molecule has 0 aliphatic carbocycles. The standard InChI is InChI=1S/C14H13N5O2S/c1-9-8-11(19(2)18-9)13-16-17-14(21-13)15-12(20)6-5-10-4-3-7-22-10/h3-8H,1-2H3,(H,15,17,20)/b6-5+. The van der Waals surface area contributed by atoms with Gasteiger partial charge in [0.2, 0.25) is 0 Å². The van der Waals surface area contributed by atoms with Crippen LogP contribution in [0.2, 0.25) is 0 Å². The summed E-state index contributed by atoms with van der Waals surface area (Å²) in [6.07, 6.45) is 3.14. The summed E-state index contributed by atoms with van der Waals surface area (Å²) in [6, 6.07) is 5.72. The van der Waals surface area contributed by atoms with Gasteiger partial charge in [-0.3, -0.25) is 14.8 Å². The van der Waals surface area contributed by atoms with Crippen LogP contribution in [0.4, 0.5) is 6.01 Å². The van der Waals surface area contributed by atoms with Gasteiger partial charge in [0.25, 0.3) is 11.8 Å². The second-order valence-electron chi connectivity index (χ2n) is 4.54. The summed E-state index contributed by atoms with van der Waals surface area (Å²) in [7, 11) is 1.79. The Bertz CT molecular complexity index is 816. The first-order chi connectivity index (χ1) is 10.6. The highest BCUT2D eigenvalue weighted by Gasteiger charge is 2.14. The summed E-state index contributed by atoms with van der Waals surface area (Å²) < 4.78 is 7.07. The lowest BCUT2D eigenvalue weighted by Gasteiger charge is -1.95. The molecule has 1 N–H and O–H groups in total. The molecule has 0 spiro atoms. The van der Waals surface area contributed by atoms with Crippen molar-refractivity contribution < 1.29 is 9.21 Å². The first-order valence-corrected chi connectivity index (χ1v) is 7.37. The van der Waals surface area contributed by atoms with Crippen molar-refractivity contribution in [3.05, 3.63) is 40.2 Å². The van der Waals surface area contributed by atoms with Crippen molar-refractivity contribution in [1.29, 1.82) is 0 Å². The molecule has 0 fully saturated rings. The van der Waals surface area contributed by atoms with E-state index in [1.165, 1.54) is 6.08 Å². The van der Waals surface area contributed by atoms with E-state index in [-0.39, 0.29) is 11.9 Å². The van der Waals surface area contributed by atoms with E-state index in [0.29, 0.717) is 11.6 Å². The maximum absolute atomic E-state index is 11.8. The third-order valence-corrected chi connectivity index (χ3v) is 3.66. The Labute approximate surface area is 130 Å². The van der Waals surface area contributed by atoms with E-state index >= 15 is 0 Å². The Morgan fingerprint density at radius 1 is 1.45 bits per heavy atom. The van der Waals surface area contributed by atoms with E-state index in [9.17, 15) is 4.79 Å². The number of hydrogen-bond acceptors (Lipinski definition) is 6. The summed E-state index contributed by atoms with van der Waals surface area (Å²) in [5.74, 6) is -0.0228. The SMILES string of the molecule is Cc1cc(-c2nnc(NC(=O)/C=C/c3cccs3)o2)n(C)n1. The molecule has 0 aliphatic rings. The average Bonchev–Trinajstić information content (AvgIpc) is 3.18. The molecular formula is C14H13N5O2S. The molecule has 3 heterocycles. The molecule has 0 atom stereocenters. The fraction of sp³-hybridized carbons (Fsp3) is 0.143. The number of carbonyl (C=O) groups excluding carboxylic acids is 1. The second kappa shape index (κ2) is 5.94. The quantitative estimate of drug-likeness (QED) is 0.748. The highest BCUT2D eigenvalue weighted by Crippen LogP contribution is 2.20. The van der Waals surface area contributed by atoms with E-state index in [4.69, 9.17) is 4.42 Å². The number of amides is 1. The van der Waals surface area contributed by atoms with Crippen LogP contribution in [0.25, 0.3) is 17.7 Å². The Kier molecular flexibility index (Phi) is 3.84. The van der Waals surface area contributed by atoms with Gasteiger partial charge in [-0.25, -0.2) is 0 Å². The number of rotatable bonds is 4. The molecule has 0 radical (unpaired) electrons. The van der Waals surface area contributed by atoms with E-state index < -0.39 is 0 Å². The highest BCUT2D eigenvalue weighted by molar-refractivity contribution is 7.10. The number of nitrogens with one attached hydrogen (secondary N) is 1. The third-order valence-electron chi connectivity index (χ3n) is 2.82. The number of aromatic nitrogens is 4. The number of carbonyl (C=O) groups is 1. The topological polar surface area (TPSA) is 85.8 Å². The lowest BCUT2D eigenvalue weighted by Crippen LogP contribution is -2.07. The van der Waals surface area contributed by atoms with Crippen LogP contribution in [-0.4, -0.2) is 25.9 Å². The van der Waals surface area contributed by atoms with Crippen molar-refractivity contribution in [2.24, 2.45) is 7.05 Å². The van der Waals surface area contributed by atoms with Gasteiger partial charge >= 0.3 is 6.01 Å². The van der Waals surface area contributed by atoms with Crippen molar-refractivity contribution in [2.45, 2.75) is 6.92 Å². The highest BCUT2D eigenvalue weighted by atomic mass is 32.1. The molecule has 0 aromatic carbocycles. The number of hydrogen-bond donors (Lipinski definition) is 1.